The van der Waals surface area contributed by atoms with Crippen LogP contribution in [0, 0.1) is 0 Å². The number of ether oxygens (including phenoxy) is 2. The predicted molar refractivity (Wildman–Crippen MR) is 125 cm³/mol. The number of methoxy groups -OCH3 is 1. The lowest BCUT2D eigenvalue weighted by atomic mass is 9.80. The quantitative estimate of drug-likeness (QED) is 0.372. The molecule has 3 heterocycles. The van der Waals surface area contributed by atoms with E-state index in [-0.39, 0.29) is 5.56 Å². The Morgan fingerprint density at radius 1 is 1.34 bits per heavy atom. The molecule has 3 aromatic heterocycles. The van der Waals surface area contributed by atoms with Crippen LogP contribution in [0.3, 0.4) is 0 Å². The molecule has 1 N–H and O–H groups in total. The van der Waals surface area contributed by atoms with Crippen LogP contribution in [-0.2, 0) is 28.2 Å². The van der Waals surface area contributed by atoms with E-state index in [0.717, 1.165) is 16.5 Å². The highest BCUT2D eigenvalue weighted by atomic mass is 32.1. The summed E-state index contributed by atoms with van der Waals surface area (Å²) >= 11 is 1.28. The van der Waals surface area contributed by atoms with Gasteiger partial charge in [0.1, 0.15) is 17.0 Å². The lowest BCUT2D eigenvalue weighted by molar-refractivity contribution is -0.115. The highest BCUT2D eigenvalue weighted by molar-refractivity contribution is 7.22. The zero-order valence-electron chi connectivity index (χ0n) is 19.1. The van der Waals surface area contributed by atoms with E-state index in [1.54, 1.807) is 17.8 Å². The van der Waals surface area contributed by atoms with Gasteiger partial charge in [-0.15, -0.1) is 11.3 Å². The van der Waals surface area contributed by atoms with Gasteiger partial charge in [0, 0.05) is 56.7 Å². The maximum Gasteiger partial charge on any atom is 0.266 e. The average molecular weight is 482 g/mol. The maximum absolute atomic E-state index is 14.6. The minimum absolute atomic E-state index is 0.287. The highest BCUT2D eigenvalue weighted by Crippen LogP contribution is 2.46. The number of rotatable bonds is 7. The third-order valence-corrected chi connectivity index (χ3v) is 8.84. The van der Waals surface area contributed by atoms with Crippen LogP contribution in [0.1, 0.15) is 24.6 Å². The summed E-state index contributed by atoms with van der Waals surface area (Å²) < 4.78 is 42.4. The molecule has 0 bridgehead atoms. The SMILES string of the molecule is COC1(C)CC(F)(F)Cc2c1[nH]c(=O)c1sc(-c3cnn(COCC[Si](C)(C)C)c3)cc21. The number of nitrogens with one attached hydrogen (secondary N) is 1. The first-order valence-electron chi connectivity index (χ1n) is 10.6. The number of pyridine rings is 1. The van der Waals surface area contributed by atoms with Crippen molar-refractivity contribution in [2.75, 3.05) is 13.7 Å². The van der Waals surface area contributed by atoms with Crippen molar-refractivity contribution < 1.29 is 18.3 Å². The number of aromatic amines is 1. The van der Waals surface area contributed by atoms with Crippen LogP contribution in [0.4, 0.5) is 8.78 Å². The Morgan fingerprint density at radius 2 is 2.09 bits per heavy atom. The Kier molecular flexibility index (Phi) is 5.94. The molecule has 0 fully saturated rings. The van der Waals surface area contributed by atoms with Crippen LogP contribution in [0.5, 0.6) is 0 Å². The Bertz CT molecular complexity index is 1200. The summed E-state index contributed by atoms with van der Waals surface area (Å²) in [6, 6.07) is 2.90. The number of alkyl halides is 2. The van der Waals surface area contributed by atoms with Gasteiger partial charge in [0.15, 0.2) is 0 Å². The molecule has 1 aliphatic rings. The monoisotopic (exact) mass is 481 g/mol. The molecule has 3 aromatic rings. The summed E-state index contributed by atoms with van der Waals surface area (Å²) in [5.41, 5.74) is 0.185. The molecule has 6 nitrogen and oxygen atoms in total. The van der Waals surface area contributed by atoms with Gasteiger partial charge >= 0.3 is 0 Å². The minimum atomic E-state index is -2.91. The fourth-order valence-corrected chi connectivity index (χ4v) is 5.93. The standard InChI is InChI=1S/C22H29F2N3O3SSi/c1-21(29-2)12-22(23,24)9-16-15-8-17(31-18(15)20(28)26-19(16)21)14-10-25-27(11-14)13-30-6-7-32(3,4)5/h8,10-11H,6-7,9,12-13H2,1-5H3,(H,26,28). The Morgan fingerprint density at radius 3 is 2.78 bits per heavy atom. The third kappa shape index (κ3) is 4.59. The second-order valence-corrected chi connectivity index (χ2v) is 16.6. The molecule has 0 saturated carbocycles. The number of hydrogen-bond donors (Lipinski definition) is 1. The molecule has 0 aliphatic heterocycles. The first kappa shape index (κ1) is 23.3. The number of halogens is 2. The molecule has 0 saturated heterocycles. The molecule has 1 unspecified atom stereocenters. The molecule has 10 heteroatoms. The third-order valence-electron chi connectivity index (χ3n) is 5.95. The van der Waals surface area contributed by atoms with E-state index in [1.807, 2.05) is 12.3 Å². The second-order valence-electron chi connectivity index (χ2n) is 9.92. The topological polar surface area (TPSA) is 69.1 Å². The van der Waals surface area contributed by atoms with Gasteiger partial charge in [-0.3, -0.25) is 4.79 Å². The molecule has 0 radical (unpaired) electrons. The summed E-state index contributed by atoms with van der Waals surface area (Å²) in [6.07, 6.45) is 2.68. The summed E-state index contributed by atoms with van der Waals surface area (Å²) in [7, 11) is 0.245. The van der Waals surface area contributed by atoms with Gasteiger partial charge in [0.2, 0.25) is 0 Å². The fraction of sp³-hybridized carbons (Fsp3) is 0.545. The smallest absolute Gasteiger partial charge is 0.266 e. The molecular formula is C22H29F2N3O3SSi. The maximum atomic E-state index is 14.6. The molecule has 1 aliphatic carbocycles. The summed E-state index contributed by atoms with van der Waals surface area (Å²) in [5.74, 6) is -2.91. The number of fused-ring (bicyclic) bond motifs is 3. The summed E-state index contributed by atoms with van der Waals surface area (Å²) in [6.45, 7) is 9.55. The van der Waals surface area contributed by atoms with Crippen LogP contribution in [0.15, 0.2) is 23.3 Å². The van der Waals surface area contributed by atoms with E-state index in [4.69, 9.17) is 9.47 Å². The van der Waals surface area contributed by atoms with Crippen LogP contribution in [0.2, 0.25) is 25.7 Å². The molecule has 32 heavy (non-hydrogen) atoms. The van der Waals surface area contributed by atoms with Gasteiger partial charge in [0.25, 0.3) is 11.5 Å². The Balaban J connectivity index is 1.65. The first-order valence-corrected chi connectivity index (χ1v) is 15.2. The number of thiophene rings is 1. The van der Waals surface area contributed by atoms with E-state index in [1.165, 1.54) is 18.4 Å². The normalized spacial score (nSPS) is 20.6. The zero-order valence-corrected chi connectivity index (χ0v) is 20.9. The van der Waals surface area contributed by atoms with Crippen molar-refractivity contribution in [2.45, 2.75) is 63.7 Å². The van der Waals surface area contributed by atoms with E-state index < -0.39 is 32.4 Å². The van der Waals surface area contributed by atoms with Gasteiger partial charge in [-0.2, -0.15) is 5.10 Å². The molecule has 0 aromatic carbocycles. The summed E-state index contributed by atoms with van der Waals surface area (Å²) in [5, 5.41) is 4.91. The summed E-state index contributed by atoms with van der Waals surface area (Å²) in [4.78, 5) is 16.4. The van der Waals surface area contributed by atoms with Crippen LogP contribution < -0.4 is 5.56 Å². The second kappa shape index (κ2) is 8.16. The van der Waals surface area contributed by atoms with E-state index in [0.29, 0.717) is 34.7 Å². The van der Waals surface area contributed by atoms with Gasteiger partial charge in [-0.1, -0.05) is 19.6 Å². The van der Waals surface area contributed by atoms with Crippen molar-refractivity contribution in [1.29, 1.82) is 0 Å². The van der Waals surface area contributed by atoms with Crippen molar-refractivity contribution in [3.8, 4) is 10.4 Å². The molecular weight excluding hydrogens is 452 g/mol. The van der Waals surface area contributed by atoms with Crippen molar-refractivity contribution in [3.63, 3.8) is 0 Å². The van der Waals surface area contributed by atoms with E-state index >= 15 is 0 Å². The Hall–Kier alpha value is -1.88. The van der Waals surface area contributed by atoms with Gasteiger partial charge < -0.3 is 14.5 Å². The molecule has 1 atom stereocenters. The number of aromatic nitrogens is 3. The number of H-pyrrole nitrogens is 1. The van der Waals surface area contributed by atoms with Crippen molar-refractivity contribution in [3.05, 3.63) is 40.1 Å². The molecule has 174 valence electrons. The van der Waals surface area contributed by atoms with Gasteiger partial charge in [-0.25, -0.2) is 13.5 Å². The lowest BCUT2D eigenvalue weighted by Crippen LogP contribution is -2.42. The van der Waals surface area contributed by atoms with Crippen LogP contribution in [0.25, 0.3) is 20.5 Å². The number of nitrogens with zero attached hydrogens (tertiary/aromatic N) is 2. The lowest BCUT2D eigenvalue weighted by Gasteiger charge is -2.38. The zero-order chi connectivity index (χ0) is 23.3. The van der Waals surface area contributed by atoms with Gasteiger partial charge in [-0.05, 0) is 24.6 Å². The highest BCUT2D eigenvalue weighted by Gasteiger charge is 2.48. The Labute approximate surface area is 190 Å². The first-order chi connectivity index (χ1) is 14.9. The van der Waals surface area contributed by atoms with E-state index in [2.05, 4.69) is 29.7 Å². The molecule has 4 rings (SSSR count). The van der Waals surface area contributed by atoms with Crippen molar-refractivity contribution in [2.24, 2.45) is 0 Å². The average Bonchev–Trinajstić information content (AvgIpc) is 3.33. The van der Waals surface area contributed by atoms with Crippen molar-refractivity contribution in [1.82, 2.24) is 14.8 Å². The number of hydrogen-bond acceptors (Lipinski definition) is 5. The van der Waals surface area contributed by atoms with Crippen LogP contribution >= 0.6 is 11.3 Å². The van der Waals surface area contributed by atoms with Crippen molar-refractivity contribution >= 4 is 29.5 Å². The van der Waals surface area contributed by atoms with Crippen LogP contribution in [-0.4, -0.2) is 42.5 Å². The van der Waals surface area contributed by atoms with Gasteiger partial charge in [0.05, 0.1) is 11.9 Å². The molecule has 0 spiro atoms. The minimum Gasteiger partial charge on any atom is -0.372 e. The van der Waals surface area contributed by atoms with E-state index in [9.17, 15) is 13.6 Å². The predicted octanol–water partition coefficient (Wildman–Crippen LogP) is 5.21. The fourth-order valence-electron chi connectivity index (χ4n) is 4.12. The largest absolute Gasteiger partial charge is 0.372 e. The molecule has 0 amide bonds.